The standard InChI is InChI=1S/C13H25N3O3/c1-9(2)11(13(18)19-4)15-12(17)10(3)16-7-5-14-6-8-16/h9-11,14H,5-8H2,1-4H3,(H,15,17). The van der Waals surface area contributed by atoms with Gasteiger partial charge in [0.15, 0.2) is 0 Å². The summed E-state index contributed by atoms with van der Waals surface area (Å²) in [5.41, 5.74) is 0. The second-order valence-corrected chi connectivity index (χ2v) is 5.22. The van der Waals surface area contributed by atoms with Crippen LogP contribution in [0.4, 0.5) is 0 Å². The Balaban J connectivity index is 2.57. The van der Waals surface area contributed by atoms with Gasteiger partial charge in [-0.15, -0.1) is 0 Å². The topological polar surface area (TPSA) is 70.7 Å². The number of carbonyl (C=O) groups is 2. The molecule has 0 aromatic heterocycles. The molecule has 2 N–H and O–H groups in total. The van der Waals surface area contributed by atoms with Crippen LogP contribution in [0.15, 0.2) is 0 Å². The van der Waals surface area contributed by atoms with E-state index in [4.69, 9.17) is 4.74 Å². The highest BCUT2D eigenvalue weighted by molar-refractivity contribution is 5.87. The molecule has 6 nitrogen and oxygen atoms in total. The van der Waals surface area contributed by atoms with Crippen molar-refractivity contribution in [2.75, 3.05) is 33.3 Å². The van der Waals surface area contributed by atoms with Crippen LogP contribution >= 0.6 is 0 Å². The molecule has 1 saturated heterocycles. The lowest BCUT2D eigenvalue weighted by molar-refractivity contribution is -0.147. The molecule has 1 heterocycles. The van der Waals surface area contributed by atoms with Gasteiger partial charge in [0, 0.05) is 26.2 Å². The van der Waals surface area contributed by atoms with E-state index >= 15 is 0 Å². The maximum absolute atomic E-state index is 12.2. The second-order valence-electron chi connectivity index (χ2n) is 5.22. The van der Waals surface area contributed by atoms with Crippen molar-refractivity contribution < 1.29 is 14.3 Å². The van der Waals surface area contributed by atoms with E-state index in [0.717, 1.165) is 26.2 Å². The van der Waals surface area contributed by atoms with E-state index < -0.39 is 12.0 Å². The van der Waals surface area contributed by atoms with Gasteiger partial charge in [-0.1, -0.05) is 13.8 Å². The van der Waals surface area contributed by atoms with Crippen molar-refractivity contribution >= 4 is 11.9 Å². The van der Waals surface area contributed by atoms with Gasteiger partial charge in [0.2, 0.25) is 5.91 Å². The van der Waals surface area contributed by atoms with E-state index in [1.807, 2.05) is 20.8 Å². The Kier molecular flexibility index (Phi) is 6.24. The van der Waals surface area contributed by atoms with Crippen LogP contribution < -0.4 is 10.6 Å². The van der Waals surface area contributed by atoms with Gasteiger partial charge in [0.1, 0.15) is 6.04 Å². The average Bonchev–Trinajstić information content (AvgIpc) is 2.43. The maximum atomic E-state index is 12.2. The van der Waals surface area contributed by atoms with Crippen LogP contribution in [0.5, 0.6) is 0 Å². The number of carbonyl (C=O) groups excluding carboxylic acids is 2. The fourth-order valence-corrected chi connectivity index (χ4v) is 2.13. The zero-order chi connectivity index (χ0) is 14.4. The predicted octanol–water partition coefficient (Wildman–Crippen LogP) is -0.406. The molecule has 0 aromatic rings. The molecule has 1 aliphatic rings. The molecule has 2 atom stereocenters. The third kappa shape index (κ3) is 4.47. The Morgan fingerprint density at radius 2 is 1.79 bits per heavy atom. The van der Waals surface area contributed by atoms with Gasteiger partial charge in [-0.25, -0.2) is 4.79 Å². The van der Waals surface area contributed by atoms with Gasteiger partial charge in [-0.2, -0.15) is 0 Å². The zero-order valence-electron chi connectivity index (χ0n) is 12.2. The van der Waals surface area contributed by atoms with Gasteiger partial charge in [0.25, 0.3) is 0 Å². The minimum Gasteiger partial charge on any atom is -0.467 e. The number of esters is 1. The van der Waals surface area contributed by atoms with Gasteiger partial charge in [0.05, 0.1) is 13.2 Å². The Labute approximate surface area is 114 Å². The predicted molar refractivity (Wildman–Crippen MR) is 72.7 cm³/mol. The van der Waals surface area contributed by atoms with Gasteiger partial charge >= 0.3 is 5.97 Å². The first-order valence-corrected chi connectivity index (χ1v) is 6.80. The largest absolute Gasteiger partial charge is 0.467 e. The molecule has 0 aliphatic carbocycles. The molecule has 0 spiro atoms. The first kappa shape index (κ1) is 15.9. The molecule has 0 saturated carbocycles. The van der Waals surface area contributed by atoms with Crippen molar-refractivity contribution in [2.24, 2.45) is 5.92 Å². The molecule has 0 radical (unpaired) electrons. The lowest BCUT2D eigenvalue weighted by Crippen LogP contribution is -2.56. The van der Waals surface area contributed by atoms with Crippen molar-refractivity contribution in [3.8, 4) is 0 Å². The van der Waals surface area contributed by atoms with Crippen molar-refractivity contribution in [3.05, 3.63) is 0 Å². The van der Waals surface area contributed by atoms with E-state index in [2.05, 4.69) is 15.5 Å². The number of amides is 1. The molecule has 1 fully saturated rings. The van der Waals surface area contributed by atoms with Crippen LogP contribution in [0.25, 0.3) is 0 Å². The van der Waals surface area contributed by atoms with E-state index in [-0.39, 0.29) is 17.9 Å². The summed E-state index contributed by atoms with van der Waals surface area (Å²) in [4.78, 5) is 25.9. The average molecular weight is 271 g/mol. The van der Waals surface area contributed by atoms with Crippen LogP contribution in [0.1, 0.15) is 20.8 Å². The molecule has 0 bridgehead atoms. The smallest absolute Gasteiger partial charge is 0.328 e. The lowest BCUT2D eigenvalue weighted by Gasteiger charge is -2.33. The molecule has 19 heavy (non-hydrogen) atoms. The lowest BCUT2D eigenvalue weighted by atomic mass is 10.0. The number of nitrogens with one attached hydrogen (secondary N) is 2. The minimum absolute atomic E-state index is 0.00613. The molecular formula is C13H25N3O3. The molecule has 6 heteroatoms. The normalized spacial score (nSPS) is 19.8. The van der Waals surface area contributed by atoms with Gasteiger partial charge in [-0.05, 0) is 12.8 Å². The molecule has 2 unspecified atom stereocenters. The van der Waals surface area contributed by atoms with Crippen LogP contribution in [0.3, 0.4) is 0 Å². The Bertz CT molecular complexity index is 314. The number of methoxy groups -OCH3 is 1. The quantitative estimate of drug-likeness (QED) is 0.666. The summed E-state index contributed by atoms with van der Waals surface area (Å²) in [7, 11) is 1.34. The van der Waals surface area contributed by atoms with E-state index in [9.17, 15) is 9.59 Å². The molecule has 1 rings (SSSR count). The third-order valence-electron chi connectivity index (χ3n) is 3.50. The summed E-state index contributed by atoms with van der Waals surface area (Å²) in [6, 6.07) is -0.809. The fourth-order valence-electron chi connectivity index (χ4n) is 2.13. The zero-order valence-corrected chi connectivity index (χ0v) is 12.2. The van der Waals surface area contributed by atoms with Crippen LogP contribution in [0, 0.1) is 5.92 Å². The van der Waals surface area contributed by atoms with Crippen LogP contribution in [0.2, 0.25) is 0 Å². The molecule has 1 amide bonds. The summed E-state index contributed by atoms with van der Waals surface area (Å²) in [5, 5.41) is 6.04. The van der Waals surface area contributed by atoms with Crippen molar-refractivity contribution in [1.29, 1.82) is 0 Å². The third-order valence-corrected chi connectivity index (χ3v) is 3.50. The minimum atomic E-state index is -0.581. The van der Waals surface area contributed by atoms with Gasteiger partial charge in [-0.3, -0.25) is 9.69 Å². The summed E-state index contributed by atoms with van der Waals surface area (Å²) in [5.74, 6) is -0.506. The fraction of sp³-hybridized carbons (Fsp3) is 0.846. The van der Waals surface area contributed by atoms with E-state index in [1.165, 1.54) is 7.11 Å². The molecule has 0 aromatic carbocycles. The summed E-state index contributed by atoms with van der Waals surface area (Å²) < 4.78 is 4.72. The number of rotatable bonds is 5. The Hall–Kier alpha value is -1.14. The highest BCUT2D eigenvalue weighted by Crippen LogP contribution is 2.06. The number of ether oxygens (including phenoxy) is 1. The first-order chi connectivity index (χ1) is 8.97. The highest BCUT2D eigenvalue weighted by atomic mass is 16.5. The number of hydrogen-bond donors (Lipinski definition) is 2. The summed E-state index contributed by atoms with van der Waals surface area (Å²) in [6.07, 6.45) is 0. The number of piperazine rings is 1. The van der Waals surface area contributed by atoms with E-state index in [1.54, 1.807) is 0 Å². The molecule has 110 valence electrons. The summed E-state index contributed by atoms with van der Waals surface area (Å²) in [6.45, 7) is 9.12. The number of hydrogen-bond acceptors (Lipinski definition) is 5. The Morgan fingerprint density at radius 3 is 2.26 bits per heavy atom. The Morgan fingerprint density at radius 1 is 1.21 bits per heavy atom. The van der Waals surface area contributed by atoms with E-state index in [0.29, 0.717) is 0 Å². The molecular weight excluding hydrogens is 246 g/mol. The summed E-state index contributed by atoms with van der Waals surface area (Å²) >= 11 is 0. The van der Waals surface area contributed by atoms with Crippen molar-refractivity contribution in [2.45, 2.75) is 32.9 Å². The maximum Gasteiger partial charge on any atom is 0.328 e. The first-order valence-electron chi connectivity index (χ1n) is 6.80. The highest BCUT2D eigenvalue weighted by Gasteiger charge is 2.29. The molecule has 1 aliphatic heterocycles. The van der Waals surface area contributed by atoms with Crippen LogP contribution in [-0.4, -0.2) is 62.1 Å². The van der Waals surface area contributed by atoms with Crippen molar-refractivity contribution in [1.82, 2.24) is 15.5 Å². The second kappa shape index (κ2) is 7.45. The monoisotopic (exact) mass is 271 g/mol. The van der Waals surface area contributed by atoms with Crippen LogP contribution in [-0.2, 0) is 14.3 Å². The SMILES string of the molecule is COC(=O)C(NC(=O)C(C)N1CCNCC1)C(C)C. The van der Waals surface area contributed by atoms with Crippen molar-refractivity contribution in [3.63, 3.8) is 0 Å². The van der Waals surface area contributed by atoms with Gasteiger partial charge < -0.3 is 15.4 Å². The number of nitrogens with zero attached hydrogens (tertiary/aromatic N) is 1.